The van der Waals surface area contributed by atoms with Gasteiger partial charge in [0.25, 0.3) is 0 Å². The van der Waals surface area contributed by atoms with Crippen molar-refractivity contribution in [3.63, 3.8) is 0 Å². The van der Waals surface area contributed by atoms with Crippen LogP contribution in [0.3, 0.4) is 0 Å². The van der Waals surface area contributed by atoms with Crippen LogP contribution in [0.1, 0.15) is 35.4 Å². The summed E-state index contributed by atoms with van der Waals surface area (Å²) >= 11 is 0. The summed E-state index contributed by atoms with van der Waals surface area (Å²) in [4.78, 5) is 4.11. The van der Waals surface area contributed by atoms with Crippen LogP contribution in [-0.2, 0) is 0 Å². The molecule has 0 radical (unpaired) electrons. The van der Waals surface area contributed by atoms with E-state index in [2.05, 4.69) is 11.1 Å². The third-order valence-corrected chi connectivity index (χ3v) is 5.20. The monoisotopic (exact) mass is 373 g/mol. The number of hydrazone groups is 1. The van der Waals surface area contributed by atoms with Crippen molar-refractivity contribution < 1.29 is 14.6 Å². The van der Waals surface area contributed by atoms with Crippen LogP contribution in [-0.4, -0.2) is 27.9 Å². The number of phenols is 1. The first-order valence-corrected chi connectivity index (χ1v) is 9.13. The van der Waals surface area contributed by atoms with E-state index in [0.717, 1.165) is 22.6 Å². The molecule has 3 aromatic rings. The van der Waals surface area contributed by atoms with E-state index in [1.54, 1.807) is 31.6 Å². The van der Waals surface area contributed by atoms with Crippen LogP contribution in [0.25, 0.3) is 0 Å². The smallest absolute Gasteiger partial charge is 0.213 e. The van der Waals surface area contributed by atoms with E-state index in [-0.39, 0.29) is 18.0 Å². The Hall–Kier alpha value is -3.54. The highest BCUT2D eigenvalue weighted by Gasteiger charge is 2.41. The number of methoxy groups -OCH3 is 1. The van der Waals surface area contributed by atoms with E-state index in [4.69, 9.17) is 14.6 Å². The first-order chi connectivity index (χ1) is 13.7. The maximum Gasteiger partial charge on any atom is 0.213 e. The van der Waals surface area contributed by atoms with Crippen molar-refractivity contribution in [2.24, 2.45) is 5.10 Å². The zero-order valence-corrected chi connectivity index (χ0v) is 15.3. The minimum atomic E-state index is -0.354. The Morgan fingerprint density at radius 1 is 1.11 bits per heavy atom. The highest BCUT2D eigenvalue weighted by Crippen LogP contribution is 2.47. The fourth-order valence-corrected chi connectivity index (χ4v) is 3.82. The van der Waals surface area contributed by atoms with Crippen LogP contribution in [0.15, 0.2) is 72.1 Å². The molecule has 2 aliphatic heterocycles. The van der Waals surface area contributed by atoms with E-state index < -0.39 is 0 Å². The molecule has 3 heterocycles. The van der Waals surface area contributed by atoms with E-state index in [9.17, 15) is 5.11 Å². The van der Waals surface area contributed by atoms with Gasteiger partial charge in [0.2, 0.25) is 6.23 Å². The SMILES string of the molecule is COc1ccc(O)c(C2=NN3[C@H](C2)c2ccccc2O[C@H]3c2ccncc2)c1. The Morgan fingerprint density at radius 3 is 2.75 bits per heavy atom. The van der Waals surface area contributed by atoms with Crippen molar-refractivity contribution in [1.82, 2.24) is 9.99 Å². The number of pyridine rings is 1. The largest absolute Gasteiger partial charge is 0.507 e. The fraction of sp³-hybridized carbons (Fsp3) is 0.182. The summed E-state index contributed by atoms with van der Waals surface area (Å²) in [5, 5.41) is 17.2. The van der Waals surface area contributed by atoms with Gasteiger partial charge in [-0.25, -0.2) is 5.01 Å². The Balaban J connectivity index is 1.61. The molecule has 6 nitrogen and oxygen atoms in total. The quantitative estimate of drug-likeness (QED) is 0.751. The lowest BCUT2D eigenvalue weighted by Crippen LogP contribution is -2.33. The Bertz CT molecular complexity index is 1050. The summed E-state index contributed by atoms with van der Waals surface area (Å²) < 4.78 is 11.6. The summed E-state index contributed by atoms with van der Waals surface area (Å²) in [6.45, 7) is 0. The third kappa shape index (κ3) is 2.65. The second-order valence-electron chi connectivity index (χ2n) is 6.82. The molecule has 2 atom stereocenters. The number of aromatic nitrogens is 1. The first kappa shape index (κ1) is 16.6. The highest BCUT2D eigenvalue weighted by atomic mass is 16.5. The van der Waals surface area contributed by atoms with E-state index >= 15 is 0 Å². The predicted octanol–water partition coefficient (Wildman–Crippen LogP) is 4.04. The standard InChI is InChI=1S/C22H19N3O3/c1-27-15-6-7-20(26)17(12-15)18-13-19-16-4-2-3-5-21(16)28-22(25(19)24-18)14-8-10-23-11-9-14/h2-12,19,22,26H,13H2,1H3/t19-,22+/m1/s1. The van der Waals surface area contributed by atoms with Gasteiger partial charge in [-0.3, -0.25) is 4.98 Å². The Morgan fingerprint density at radius 2 is 1.93 bits per heavy atom. The van der Waals surface area contributed by atoms with E-state index in [0.29, 0.717) is 17.7 Å². The van der Waals surface area contributed by atoms with Crippen molar-refractivity contribution in [3.8, 4) is 17.2 Å². The lowest BCUT2D eigenvalue weighted by atomic mass is 9.95. The molecule has 0 amide bonds. The lowest BCUT2D eigenvalue weighted by molar-refractivity contribution is -0.0190. The molecule has 28 heavy (non-hydrogen) atoms. The molecule has 0 saturated carbocycles. The fourth-order valence-electron chi connectivity index (χ4n) is 3.82. The zero-order valence-electron chi connectivity index (χ0n) is 15.3. The van der Waals surface area contributed by atoms with Crippen LogP contribution in [0.5, 0.6) is 17.2 Å². The number of hydrogen-bond donors (Lipinski definition) is 1. The van der Waals surface area contributed by atoms with Crippen molar-refractivity contribution in [1.29, 1.82) is 0 Å². The average molecular weight is 373 g/mol. The number of benzene rings is 2. The average Bonchev–Trinajstić information content (AvgIpc) is 3.19. The van der Waals surface area contributed by atoms with Gasteiger partial charge >= 0.3 is 0 Å². The highest BCUT2D eigenvalue weighted by molar-refractivity contribution is 6.04. The van der Waals surface area contributed by atoms with Crippen molar-refractivity contribution in [3.05, 3.63) is 83.7 Å². The Kier molecular flexibility index (Phi) is 3.90. The number of rotatable bonds is 3. The minimum absolute atomic E-state index is 0.0312. The van der Waals surface area contributed by atoms with Gasteiger partial charge in [0.1, 0.15) is 17.2 Å². The molecule has 5 rings (SSSR count). The normalized spacial score (nSPS) is 20.0. The molecule has 0 aliphatic carbocycles. The van der Waals surface area contributed by atoms with Crippen molar-refractivity contribution in [2.45, 2.75) is 18.7 Å². The Labute approximate surface area is 162 Å². The summed E-state index contributed by atoms with van der Waals surface area (Å²) in [7, 11) is 1.61. The number of nitrogens with zero attached hydrogens (tertiary/aromatic N) is 3. The number of ether oxygens (including phenoxy) is 2. The number of fused-ring (bicyclic) bond motifs is 3. The maximum atomic E-state index is 10.4. The van der Waals surface area contributed by atoms with Gasteiger partial charge in [-0.2, -0.15) is 5.10 Å². The van der Waals surface area contributed by atoms with E-state index in [1.807, 2.05) is 41.4 Å². The second kappa shape index (κ2) is 6.56. The van der Waals surface area contributed by atoms with Gasteiger partial charge in [-0.15, -0.1) is 0 Å². The molecular weight excluding hydrogens is 354 g/mol. The third-order valence-electron chi connectivity index (χ3n) is 5.20. The van der Waals surface area contributed by atoms with Crippen LogP contribution < -0.4 is 9.47 Å². The van der Waals surface area contributed by atoms with E-state index in [1.165, 1.54) is 0 Å². The minimum Gasteiger partial charge on any atom is -0.507 e. The van der Waals surface area contributed by atoms with Crippen molar-refractivity contribution >= 4 is 5.71 Å². The zero-order chi connectivity index (χ0) is 19.1. The molecule has 140 valence electrons. The summed E-state index contributed by atoms with van der Waals surface area (Å²) in [6.07, 6.45) is 3.82. The number of para-hydroxylation sites is 1. The van der Waals surface area contributed by atoms with Crippen LogP contribution >= 0.6 is 0 Å². The topological polar surface area (TPSA) is 67.2 Å². The molecular formula is C22H19N3O3. The summed E-state index contributed by atoms with van der Waals surface area (Å²) in [5.74, 6) is 1.73. The first-order valence-electron chi connectivity index (χ1n) is 9.13. The van der Waals surface area contributed by atoms with Crippen LogP contribution in [0, 0.1) is 0 Å². The molecule has 0 unspecified atom stereocenters. The molecule has 0 spiro atoms. The van der Waals surface area contributed by atoms with Crippen molar-refractivity contribution in [2.75, 3.05) is 7.11 Å². The van der Waals surface area contributed by atoms with Crippen LogP contribution in [0.2, 0.25) is 0 Å². The maximum absolute atomic E-state index is 10.4. The number of aromatic hydroxyl groups is 1. The molecule has 2 aliphatic rings. The molecule has 6 heteroatoms. The van der Waals surface area contributed by atoms with Crippen LogP contribution in [0.4, 0.5) is 0 Å². The molecule has 1 N–H and O–H groups in total. The lowest BCUT2D eigenvalue weighted by Gasteiger charge is -2.38. The molecule has 1 aromatic heterocycles. The summed E-state index contributed by atoms with van der Waals surface area (Å²) in [6, 6.07) is 17.1. The predicted molar refractivity (Wildman–Crippen MR) is 104 cm³/mol. The molecule has 0 fully saturated rings. The summed E-state index contributed by atoms with van der Waals surface area (Å²) in [5.41, 5.74) is 3.56. The molecule has 0 saturated heterocycles. The number of phenolic OH excluding ortho intramolecular Hbond substituents is 1. The van der Waals surface area contributed by atoms with Gasteiger partial charge in [0, 0.05) is 35.5 Å². The van der Waals surface area contributed by atoms with Gasteiger partial charge in [-0.1, -0.05) is 18.2 Å². The number of hydrogen-bond acceptors (Lipinski definition) is 6. The van der Waals surface area contributed by atoms with Gasteiger partial charge < -0.3 is 14.6 Å². The van der Waals surface area contributed by atoms with Gasteiger partial charge in [0.15, 0.2) is 0 Å². The van der Waals surface area contributed by atoms with Gasteiger partial charge in [0.05, 0.1) is 18.9 Å². The molecule has 2 aromatic carbocycles. The molecule has 0 bridgehead atoms. The second-order valence-corrected chi connectivity index (χ2v) is 6.82. The van der Waals surface area contributed by atoms with Gasteiger partial charge in [-0.05, 0) is 36.4 Å².